The third-order valence-corrected chi connectivity index (χ3v) is 4.52. The van der Waals surface area contributed by atoms with Crippen molar-refractivity contribution in [3.8, 4) is 5.75 Å². The van der Waals surface area contributed by atoms with E-state index in [1.807, 2.05) is 17.6 Å². The van der Waals surface area contributed by atoms with Crippen molar-refractivity contribution in [2.45, 2.75) is 19.9 Å². The van der Waals surface area contributed by atoms with Gasteiger partial charge in [0, 0.05) is 19.1 Å². The number of nitrogens with zero attached hydrogens (tertiary/aromatic N) is 1. The van der Waals surface area contributed by atoms with Crippen molar-refractivity contribution >= 4 is 31.7 Å². The van der Waals surface area contributed by atoms with Crippen LogP contribution in [-0.4, -0.2) is 23.8 Å². The van der Waals surface area contributed by atoms with E-state index in [0.29, 0.717) is 6.54 Å². The Hall–Kier alpha value is -1.18. The lowest BCUT2D eigenvalue weighted by Gasteiger charge is -2.04. The number of phenols is 1. The molecule has 0 saturated carbocycles. The predicted octanol–water partition coefficient (Wildman–Crippen LogP) is 1.14. The van der Waals surface area contributed by atoms with E-state index in [2.05, 4.69) is 0 Å². The number of benzene rings is 1. The fraction of sp³-hybridized carbons (Fsp3) is 0.364. The van der Waals surface area contributed by atoms with Crippen molar-refractivity contribution in [2.24, 2.45) is 0 Å². The van der Waals surface area contributed by atoms with E-state index in [-0.39, 0.29) is 17.9 Å². The second-order valence-corrected chi connectivity index (χ2v) is 6.80. The molecule has 0 fully saturated rings. The molecule has 2 aromatic rings. The van der Waals surface area contributed by atoms with Crippen LogP contribution < -0.4 is 4.57 Å². The molecular weight excluding hydrogens is 274 g/mol. The number of aromatic nitrogens is 1. The van der Waals surface area contributed by atoms with Crippen LogP contribution in [0.25, 0.3) is 10.2 Å². The minimum atomic E-state index is -4.16. The number of hydrogen-bond acceptors (Lipinski definition) is 5. The Morgan fingerprint density at radius 1 is 1.44 bits per heavy atom. The van der Waals surface area contributed by atoms with Gasteiger partial charge in [-0.3, -0.25) is 0 Å². The zero-order valence-corrected chi connectivity index (χ0v) is 11.4. The molecule has 0 spiro atoms. The maximum Gasteiger partial charge on any atom is 0.235 e. The first-order valence-corrected chi connectivity index (χ1v) is 7.82. The third kappa shape index (κ3) is 2.98. The minimum absolute atomic E-state index is 0.172. The molecule has 0 unspecified atom stereocenters. The Labute approximate surface area is 109 Å². The number of aromatic hydroxyl groups is 1. The fourth-order valence-corrected chi connectivity index (χ4v) is 3.37. The quantitative estimate of drug-likeness (QED) is 0.675. The number of aryl methyl sites for hydroxylation is 2. The molecule has 1 aromatic carbocycles. The average Bonchev–Trinajstić information content (AvgIpc) is 2.54. The molecule has 0 radical (unpaired) electrons. The first kappa shape index (κ1) is 13.3. The molecule has 2 rings (SSSR count). The van der Waals surface area contributed by atoms with Gasteiger partial charge >= 0.3 is 0 Å². The Morgan fingerprint density at radius 2 is 2.17 bits per heavy atom. The van der Waals surface area contributed by atoms with Crippen LogP contribution >= 0.6 is 11.3 Å². The molecule has 18 heavy (non-hydrogen) atoms. The van der Waals surface area contributed by atoms with E-state index in [9.17, 15) is 18.1 Å². The summed E-state index contributed by atoms with van der Waals surface area (Å²) in [6.07, 6.45) is 0.277. The predicted molar refractivity (Wildman–Crippen MR) is 67.6 cm³/mol. The van der Waals surface area contributed by atoms with Crippen molar-refractivity contribution in [3.05, 3.63) is 23.2 Å². The van der Waals surface area contributed by atoms with Crippen LogP contribution in [0.2, 0.25) is 0 Å². The number of fused-ring (bicyclic) bond motifs is 1. The van der Waals surface area contributed by atoms with Crippen molar-refractivity contribution < 1.29 is 22.6 Å². The second kappa shape index (κ2) is 4.83. The normalized spacial score (nSPS) is 12.1. The highest BCUT2D eigenvalue weighted by Crippen LogP contribution is 2.23. The summed E-state index contributed by atoms with van der Waals surface area (Å²) in [7, 11) is -4.16. The number of hydrogen-bond donors (Lipinski definition) is 1. The molecule has 1 N–H and O–H groups in total. The summed E-state index contributed by atoms with van der Waals surface area (Å²) in [5.74, 6) is -0.194. The van der Waals surface area contributed by atoms with Crippen molar-refractivity contribution in [1.29, 1.82) is 0 Å². The lowest BCUT2D eigenvalue weighted by atomic mass is 10.3. The molecule has 98 valence electrons. The van der Waals surface area contributed by atoms with E-state index in [0.717, 1.165) is 15.2 Å². The van der Waals surface area contributed by atoms with Crippen LogP contribution in [0, 0.1) is 6.92 Å². The van der Waals surface area contributed by atoms with Crippen LogP contribution in [0.4, 0.5) is 0 Å². The molecule has 0 atom stereocenters. The van der Waals surface area contributed by atoms with Gasteiger partial charge in [-0.1, -0.05) is 11.3 Å². The molecule has 0 amide bonds. The Kier molecular flexibility index (Phi) is 3.56. The summed E-state index contributed by atoms with van der Waals surface area (Å²) in [6, 6.07) is 5.08. The van der Waals surface area contributed by atoms with E-state index in [4.69, 9.17) is 0 Å². The maximum absolute atomic E-state index is 10.6. The van der Waals surface area contributed by atoms with Crippen LogP contribution in [0.15, 0.2) is 18.2 Å². The van der Waals surface area contributed by atoms with Crippen LogP contribution in [-0.2, 0) is 16.7 Å². The Morgan fingerprint density at radius 3 is 2.83 bits per heavy atom. The number of rotatable bonds is 4. The van der Waals surface area contributed by atoms with Gasteiger partial charge in [-0.15, -0.1) is 0 Å². The van der Waals surface area contributed by atoms with Gasteiger partial charge in [0.15, 0.2) is 6.54 Å². The molecule has 5 nitrogen and oxygen atoms in total. The standard InChI is InChI=1S/C11H13NO4S2/c1-8-12(5-2-6-18(14,15)16)10-7-9(13)3-4-11(10)17-8/h3-4,7H,2,5-6H2,1H3,(H-,13,14,15,16). The second-order valence-electron chi connectivity index (χ2n) is 4.04. The molecule has 0 aliphatic carbocycles. The van der Waals surface area contributed by atoms with Crippen LogP contribution in [0.5, 0.6) is 5.75 Å². The lowest BCUT2D eigenvalue weighted by molar-refractivity contribution is -0.672. The zero-order chi connectivity index (χ0) is 13.3. The van der Waals surface area contributed by atoms with Crippen molar-refractivity contribution in [1.82, 2.24) is 0 Å². The minimum Gasteiger partial charge on any atom is -0.748 e. The smallest absolute Gasteiger partial charge is 0.235 e. The Balaban J connectivity index is 2.27. The average molecular weight is 287 g/mol. The van der Waals surface area contributed by atoms with Gasteiger partial charge in [0.05, 0.1) is 16.2 Å². The monoisotopic (exact) mass is 287 g/mol. The van der Waals surface area contributed by atoms with Gasteiger partial charge in [0.2, 0.25) is 10.5 Å². The Bertz CT molecular complexity index is 676. The van der Waals surface area contributed by atoms with Gasteiger partial charge in [0.25, 0.3) is 0 Å². The van der Waals surface area contributed by atoms with Crippen molar-refractivity contribution in [2.75, 3.05) is 5.75 Å². The summed E-state index contributed by atoms with van der Waals surface area (Å²) in [5.41, 5.74) is 0.862. The fourth-order valence-electron chi connectivity index (χ4n) is 1.86. The van der Waals surface area contributed by atoms with Gasteiger partial charge in [-0.2, -0.15) is 4.57 Å². The lowest BCUT2D eigenvalue weighted by Crippen LogP contribution is -2.35. The first-order chi connectivity index (χ1) is 8.37. The van der Waals surface area contributed by atoms with Crippen LogP contribution in [0.1, 0.15) is 11.4 Å². The molecule has 7 heteroatoms. The number of thiazole rings is 1. The highest BCUT2D eigenvalue weighted by molar-refractivity contribution is 7.85. The first-order valence-electron chi connectivity index (χ1n) is 5.42. The third-order valence-electron chi connectivity index (χ3n) is 2.65. The molecule has 0 aliphatic heterocycles. The summed E-state index contributed by atoms with van der Waals surface area (Å²) in [4.78, 5) is 0. The van der Waals surface area contributed by atoms with Gasteiger partial charge in [0.1, 0.15) is 10.4 Å². The molecule has 0 bridgehead atoms. The van der Waals surface area contributed by atoms with Crippen LogP contribution in [0.3, 0.4) is 0 Å². The summed E-state index contributed by atoms with van der Waals surface area (Å²) < 4.78 is 34.6. The van der Waals surface area contributed by atoms with Crippen molar-refractivity contribution in [3.63, 3.8) is 0 Å². The molecular formula is C11H13NO4S2. The number of phenolic OH excluding ortho intramolecular Hbond substituents is 1. The van der Waals surface area contributed by atoms with Gasteiger partial charge in [-0.25, -0.2) is 8.42 Å². The largest absolute Gasteiger partial charge is 0.748 e. The summed E-state index contributed by atoms with van der Waals surface area (Å²) >= 11 is 1.57. The van der Waals surface area contributed by atoms with E-state index in [1.54, 1.807) is 23.5 Å². The topological polar surface area (TPSA) is 81.3 Å². The van der Waals surface area contributed by atoms with E-state index < -0.39 is 10.1 Å². The van der Waals surface area contributed by atoms with E-state index >= 15 is 0 Å². The SMILES string of the molecule is Cc1sc2ccc(O)cc2[n+]1CCCS(=O)(=O)[O-]. The van der Waals surface area contributed by atoms with Gasteiger partial charge < -0.3 is 9.66 Å². The molecule has 1 aromatic heterocycles. The zero-order valence-electron chi connectivity index (χ0n) is 9.79. The highest BCUT2D eigenvalue weighted by atomic mass is 32.2. The molecule has 1 heterocycles. The summed E-state index contributed by atoms with van der Waals surface area (Å²) in [5, 5.41) is 10.5. The maximum atomic E-state index is 10.6. The summed E-state index contributed by atoms with van der Waals surface area (Å²) in [6.45, 7) is 2.38. The van der Waals surface area contributed by atoms with Gasteiger partial charge in [-0.05, 0) is 12.1 Å². The van der Waals surface area contributed by atoms with E-state index in [1.165, 1.54) is 0 Å². The molecule has 0 aliphatic rings. The highest BCUT2D eigenvalue weighted by Gasteiger charge is 2.17. The molecule has 0 saturated heterocycles.